The van der Waals surface area contributed by atoms with Crippen molar-refractivity contribution in [2.24, 2.45) is 5.92 Å². The van der Waals surface area contributed by atoms with E-state index in [9.17, 15) is 19.5 Å². The number of aliphatic carboxylic acids is 1. The van der Waals surface area contributed by atoms with E-state index in [1.165, 1.54) is 6.92 Å². The molecule has 0 aliphatic rings. The number of nitrogens with one attached hydrogen (secondary N) is 3. The number of aryl methyl sites for hydroxylation is 1. The maximum atomic E-state index is 13.3. The van der Waals surface area contributed by atoms with Gasteiger partial charge in [0.2, 0.25) is 11.8 Å². The molecule has 7 nitrogen and oxygen atoms in total. The highest BCUT2D eigenvalue weighted by Crippen LogP contribution is 2.18. The zero-order chi connectivity index (χ0) is 26.1. The van der Waals surface area contributed by atoms with E-state index >= 15 is 0 Å². The molecule has 7 heteroatoms. The molecule has 0 heterocycles. The highest BCUT2D eigenvalue weighted by atomic mass is 16.4. The Balaban J connectivity index is 1.73. The summed E-state index contributed by atoms with van der Waals surface area (Å²) in [5.41, 5.74) is 1.70. The molecular weight excluding hydrogens is 454 g/mol. The van der Waals surface area contributed by atoms with E-state index in [1.54, 1.807) is 12.1 Å². The minimum atomic E-state index is -1.04. The molecule has 2 amide bonds. The summed E-state index contributed by atoms with van der Waals surface area (Å²) in [7, 11) is 0. The lowest BCUT2D eigenvalue weighted by atomic mass is 9.99. The lowest BCUT2D eigenvalue weighted by Gasteiger charge is -2.25. The van der Waals surface area contributed by atoms with Crippen molar-refractivity contribution in [3.63, 3.8) is 0 Å². The summed E-state index contributed by atoms with van der Waals surface area (Å²) in [5, 5.41) is 20.3. The molecule has 0 aliphatic heterocycles. The summed E-state index contributed by atoms with van der Waals surface area (Å²) in [6.45, 7) is 5.47. The van der Waals surface area contributed by atoms with Gasteiger partial charge in [-0.05, 0) is 60.6 Å². The molecule has 36 heavy (non-hydrogen) atoms. The van der Waals surface area contributed by atoms with Crippen LogP contribution in [0.5, 0.6) is 0 Å². The first-order valence-corrected chi connectivity index (χ1v) is 12.4. The molecule has 0 spiro atoms. The molecule has 3 rings (SSSR count). The van der Waals surface area contributed by atoms with E-state index < -0.39 is 30.0 Å². The topological polar surface area (TPSA) is 108 Å². The van der Waals surface area contributed by atoms with E-state index in [-0.39, 0.29) is 11.8 Å². The van der Waals surface area contributed by atoms with Crippen LogP contribution in [0.4, 0.5) is 5.69 Å². The number of rotatable bonds is 12. The zero-order valence-corrected chi connectivity index (χ0v) is 21.0. The van der Waals surface area contributed by atoms with Crippen molar-refractivity contribution in [2.45, 2.75) is 58.2 Å². The van der Waals surface area contributed by atoms with Crippen molar-refractivity contribution in [1.29, 1.82) is 0 Å². The Morgan fingerprint density at radius 1 is 0.806 bits per heavy atom. The number of para-hydroxylation sites is 1. The number of carbonyl (C=O) groups is 3. The molecule has 4 N–H and O–H groups in total. The second-order valence-corrected chi connectivity index (χ2v) is 9.55. The first-order chi connectivity index (χ1) is 17.2. The molecule has 0 aliphatic carbocycles. The SMILES string of the molecule is CC(C)C[C@H](NC(=O)C(CCc1ccc2ccccc2c1)N[C@H](C)C(=O)O)C(=O)Nc1ccccc1. The third kappa shape index (κ3) is 7.92. The normalized spacial score (nSPS) is 13.7. The summed E-state index contributed by atoms with van der Waals surface area (Å²) in [4.78, 5) is 37.8. The predicted octanol–water partition coefficient (Wildman–Crippen LogP) is 4.37. The molecule has 3 aromatic rings. The summed E-state index contributed by atoms with van der Waals surface area (Å²) in [6.07, 6.45) is 1.42. The molecule has 0 saturated carbocycles. The lowest BCUT2D eigenvalue weighted by Crippen LogP contribution is -2.54. The van der Waals surface area contributed by atoms with Crippen LogP contribution in [-0.2, 0) is 20.8 Å². The van der Waals surface area contributed by atoms with Crippen LogP contribution in [0.2, 0.25) is 0 Å². The minimum absolute atomic E-state index is 0.166. The predicted molar refractivity (Wildman–Crippen MR) is 143 cm³/mol. The molecule has 0 fully saturated rings. The van der Waals surface area contributed by atoms with Gasteiger partial charge in [-0.25, -0.2) is 0 Å². The Kier molecular flexibility index (Phi) is 9.59. The van der Waals surface area contributed by atoms with Crippen LogP contribution in [0.1, 0.15) is 39.2 Å². The van der Waals surface area contributed by atoms with Crippen molar-refractivity contribution >= 4 is 34.2 Å². The lowest BCUT2D eigenvalue weighted by molar-refractivity contribution is -0.139. The van der Waals surface area contributed by atoms with Crippen molar-refractivity contribution in [3.8, 4) is 0 Å². The average Bonchev–Trinajstić information content (AvgIpc) is 2.86. The highest BCUT2D eigenvalue weighted by molar-refractivity contribution is 5.98. The molecular formula is C29H35N3O4. The van der Waals surface area contributed by atoms with Gasteiger partial charge in [-0.3, -0.25) is 19.7 Å². The Labute approximate surface area is 212 Å². The maximum absolute atomic E-state index is 13.3. The third-order valence-electron chi connectivity index (χ3n) is 6.06. The van der Waals surface area contributed by atoms with Gasteiger partial charge in [0.15, 0.2) is 0 Å². The number of hydrogen-bond acceptors (Lipinski definition) is 4. The molecule has 0 aromatic heterocycles. The highest BCUT2D eigenvalue weighted by Gasteiger charge is 2.28. The molecule has 190 valence electrons. The van der Waals surface area contributed by atoms with Gasteiger partial charge in [0.1, 0.15) is 12.1 Å². The fourth-order valence-electron chi connectivity index (χ4n) is 4.09. The van der Waals surface area contributed by atoms with Crippen molar-refractivity contribution in [1.82, 2.24) is 10.6 Å². The standard InChI is InChI=1S/C29H35N3O4/c1-19(2)17-26(28(34)31-24-11-5-4-6-12-24)32-27(33)25(30-20(3)29(35)36)16-14-21-13-15-22-9-7-8-10-23(22)18-21/h4-13,15,18-20,25-26,30H,14,16-17H2,1-3H3,(H,31,34)(H,32,33)(H,35,36)/t20-,25?,26+/m1/s1. The van der Waals surface area contributed by atoms with E-state index in [1.807, 2.05) is 68.4 Å². The molecule has 1 unspecified atom stereocenters. The van der Waals surface area contributed by atoms with Crippen LogP contribution in [0.25, 0.3) is 10.8 Å². The van der Waals surface area contributed by atoms with E-state index in [0.29, 0.717) is 24.9 Å². The Morgan fingerprint density at radius 2 is 1.47 bits per heavy atom. The molecule has 3 aromatic carbocycles. The first-order valence-electron chi connectivity index (χ1n) is 12.4. The van der Waals surface area contributed by atoms with Gasteiger partial charge in [-0.2, -0.15) is 0 Å². The number of anilines is 1. The number of carboxylic acids is 1. The summed E-state index contributed by atoms with van der Waals surface area (Å²) >= 11 is 0. The van der Waals surface area contributed by atoms with Crippen LogP contribution in [0, 0.1) is 5.92 Å². The van der Waals surface area contributed by atoms with Gasteiger partial charge in [-0.15, -0.1) is 0 Å². The van der Waals surface area contributed by atoms with Crippen LogP contribution in [0.15, 0.2) is 72.8 Å². The van der Waals surface area contributed by atoms with Crippen molar-refractivity contribution in [2.75, 3.05) is 5.32 Å². The zero-order valence-electron chi connectivity index (χ0n) is 21.0. The van der Waals surface area contributed by atoms with Gasteiger partial charge in [0.25, 0.3) is 0 Å². The van der Waals surface area contributed by atoms with E-state index in [4.69, 9.17) is 0 Å². The number of amides is 2. The summed E-state index contributed by atoms with van der Waals surface area (Å²) in [5.74, 6) is -1.57. The van der Waals surface area contributed by atoms with Crippen LogP contribution >= 0.6 is 0 Å². The average molecular weight is 490 g/mol. The van der Waals surface area contributed by atoms with Crippen molar-refractivity contribution in [3.05, 3.63) is 78.4 Å². The monoisotopic (exact) mass is 489 g/mol. The number of carbonyl (C=O) groups excluding carboxylic acids is 2. The number of hydrogen-bond donors (Lipinski definition) is 4. The molecule has 0 radical (unpaired) electrons. The Bertz CT molecular complexity index is 1180. The van der Waals surface area contributed by atoms with Gasteiger partial charge in [0.05, 0.1) is 6.04 Å². The fraction of sp³-hybridized carbons (Fsp3) is 0.345. The van der Waals surface area contributed by atoms with E-state index in [2.05, 4.69) is 22.0 Å². The first kappa shape index (κ1) is 26.9. The van der Waals surface area contributed by atoms with Gasteiger partial charge >= 0.3 is 5.97 Å². The van der Waals surface area contributed by atoms with Crippen LogP contribution in [-0.4, -0.2) is 41.0 Å². The summed E-state index contributed by atoms with van der Waals surface area (Å²) in [6, 6.07) is 20.8. The summed E-state index contributed by atoms with van der Waals surface area (Å²) < 4.78 is 0. The van der Waals surface area contributed by atoms with Gasteiger partial charge in [0, 0.05) is 5.69 Å². The molecule has 0 saturated heterocycles. The quantitative estimate of drug-likeness (QED) is 0.302. The number of benzene rings is 3. The molecule has 3 atom stereocenters. The van der Waals surface area contributed by atoms with E-state index in [0.717, 1.165) is 16.3 Å². The van der Waals surface area contributed by atoms with Crippen LogP contribution < -0.4 is 16.0 Å². The largest absolute Gasteiger partial charge is 0.480 e. The number of carboxylic acid groups (broad SMARTS) is 1. The third-order valence-corrected chi connectivity index (χ3v) is 6.06. The fourth-order valence-corrected chi connectivity index (χ4v) is 4.09. The maximum Gasteiger partial charge on any atom is 0.320 e. The van der Waals surface area contributed by atoms with Gasteiger partial charge in [-0.1, -0.05) is 74.5 Å². The molecule has 0 bridgehead atoms. The smallest absolute Gasteiger partial charge is 0.320 e. The Hall–Kier alpha value is -3.71. The van der Waals surface area contributed by atoms with Crippen LogP contribution in [0.3, 0.4) is 0 Å². The second-order valence-electron chi connectivity index (χ2n) is 9.55. The minimum Gasteiger partial charge on any atom is -0.480 e. The Morgan fingerprint density at radius 3 is 2.14 bits per heavy atom. The van der Waals surface area contributed by atoms with Gasteiger partial charge < -0.3 is 15.7 Å². The second kappa shape index (κ2) is 12.8. The number of fused-ring (bicyclic) bond motifs is 1. The van der Waals surface area contributed by atoms with Crippen molar-refractivity contribution < 1.29 is 19.5 Å².